The monoisotopic (exact) mass is 472 g/mol. The van der Waals surface area contributed by atoms with Gasteiger partial charge in [0, 0.05) is 7.05 Å². The van der Waals surface area contributed by atoms with Crippen molar-refractivity contribution in [2.75, 3.05) is 0 Å². The summed E-state index contributed by atoms with van der Waals surface area (Å²) in [7, 11) is 1.32. The van der Waals surface area contributed by atoms with Crippen molar-refractivity contribution in [3.8, 4) is 0 Å². The molecule has 0 spiro atoms. The quantitative estimate of drug-likeness (QED) is 0.400. The van der Waals surface area contributed by atoms with E-state index in [9.17, 15) is 28.8 Å². The third kappa shape index (κ3) is 5.65. The molecule has 0 aromatic carbocycles. The average molecular weight is 473 g/mol. The normalized spacial score (nSPS) is 10.0. The largest absolute Gasteiger partial charge is 0.336 e. The van der Waals surface area contributed by atoms with Crippen molar-refractivity contribution in [1.82, 2.24) is 27.4 Å². The summed E-state index contributed by atoms with van der Waals surface area (Å²) in [5.41, 5.74) is -3.92. The van der Waals surface area contributed by atoms with Crippen LogP contribution >= 0.6 is 0 Å². The second-order valence-corrected chi connectivity index (χ2v) is 6.75. The van der Waals surface area contributed by atoms with Crippen LogP contribution in [0.1, 0.15) is 0 Å². The Balaban J connectivity index is 0.000000342. The minimum absolute atomic E-state index is 0.0478. The Hall–Kier alpha value is -4.48. The van der Waals surface area contributed by atoms with Gasteiger partial charge in [0.25, 0.3) is 0 Å². The van der Waals surface area contributed by atoms with Crippen molar-refractivity contribution in [3.63, 3.8) is 0 Å². The molecule has 0 unspecified atom stereocenters. The fraction of sp³-hybridized carbons (Fsp3) is 0.273. The second kappa shape index (κ2) is 12.5. The van der Waals surface area contributed by atoms with Crippen LogP contribution in [0.15, 0.2) is 92.0 Å². The van der Waals surface area contributed by atoms with E-state index in [1.807, 2.05) is 0 Å². The van der Waals surface area contributed by atoms with Gasteiger partial charge in [0.15, 0.2) is 0 Å². The minimum Gasteiger partial charge on any atom is -0.248 e. The third-order valence-corrected chi connectivity index (χ3v) is 4.44. The third-order valence-electron chi connectivity index (χ3n) is 4.44. The lowest BCUT2D eigenvalue weighted by Crippen LogP contribution is -2.54. The molecular formula is C22H28N6O6. The molecule has 0 aliphatic heterocycles. The van der Waals surface area contributed by atoms with E-state index in [2.05, 4.69) is 32.9 Å². The Bertz CT molecular complexity index is 1290. The summed E-state index contributed by atoms with van der Waals surface area (Å²) in [6, 6.07) is 0. The van der Waals surface area contributed by atoms with E-state index in [-0.39, 0.29) is 32.7 Å². The fourth-order valence-corrected chi connectivity index (χ4v) is 2.86. The van der Waals surface area contributed by atoms with E-state index >= 15 is 0 Å². The molecule has 0 aliphatic rings. The lowest BCUT2D eigenvalue weighted by atomic mass is 10.5. The van der Waals surface area contributed by atoms with Gasteiger partial charge in [-0.2, -0.15) is 0 Å². The molecule has 182 valence electrons. The number of aromatic nitrogens is 6. The summed E-state index contributed by atoms with van der Waals surface area (Å²) < 4.78 is 5.61. The van der Waals surface area contributed by atoms with Crippen molar-refractivity contribution < 1.29 is 0 Å². The first kappa shape index (κ1) is 27.6. The number of rotatable bonds is 10. The van der Waals surface area contributed by atoms with Gasteiger partial charge >= 0.3 is 34.1 Å². The zero-order valence-corrected chi connectivity index (χ0v) is 19.1. The highest BCUT2D eigenvalue weighted by molar-refractivity contribution is 4.86. The molecule has 0 saturated heterocycles. The van der Waals surface area contributed by atoms with Crippen molar-refractivity contribution in [1.29, 1.82) is 0 Å². The Kier molecular flexibility index (Phi) is 10.2. The van der Waals surface area contributed by atoms with E-state index in [0.717, 1.165) is 27.4 Å². The zero-order chi connectivity index (χ0) is 26.0. The molecule has 12 nitrogen and oxygen atoms in total. The first-order valence-electron chi connectivity index (χ1n) is 10.0. The fourth-order valence-electron chi connectivity index (χ4n) is 2.86. The summed E-state index contributed by atoms with van der Waals surface area (Å²) in [5, 5.41) is 0. The molecule has 2 rings (SSSR count). The maximum atomic E-state index is 11.9. The topological polar surface area (TPSA) is 132 Å². The summed E-state index contributed by atoms with van der Waals surface area (Å²) in [5.74, 6) is 0. The first-order chi connectivity index (χ1) is 16.1. The smallest absolute Gasteiger partial charge is 0.248 e. The van der Waals surface area contributed by atoms with Crippen LogP contribution in [0.3, 0.4) is 0 Å². The molecule has 2 heterocycles. The van der Waals surface area contributed by atoms with Crippen LogP contribution in [0.2, 0.25) is 0 Å². The van der Waals surface area contributed by atoms with Gasteiger partial charge < -0.3 is 0 Å². The van der Waals surface area contributed by atoms with Crippen molar-refractivity contribution in [3.05, 3.63) is 126 Å². The van der Waals surface area contributed by atoms with Gasteiger partial charge in [-0.25, -0.2) is 56.2 Å². The van der Waals surface area contributed by atoms with Crippen LogP contribution < -0.4 is 34.1 Å². The van der Waals surface area contributed by atoms with Gasteiger partial charge in [-0.1, -0.05) is 30.4 Å². The molecule has 0 atom stereocenters. The van der Waals surface area contributed by atoms with E-state index < -0.39 is 34.1 Å². The molecule has 0 radical (unpaired) electrons. The highest BCUT2D eigenvalue weighted by Crippen LogP contribution is 1.80. The molecule has 34 heavy (non-hydrogen) atoms. The molecule has 0 bridgehead atoms. The summed E-state index contributed by atoms with van der Waals surface area (Å²) in [6.45, 7) is 17.6. The van der Waals surface area contributed by atoms with Crippen molar-refractivity contribution >= 4 is 0 Å². The zero-order valence-electron chi connectivity index (χ0n) is 19.1. The highest BCUT2D eigenvalue weighted by Gasteiger charge is 2.13. The van der Waals surface area contributed by atoms with Crippen molar-refractivity contribution in [2.45, 2.75) is 32.7 Å². The first-order valence-corrected chi connectivity index (χ1v) is 10.0. The van der Waals surface area contributed by atoms with Gasteiger partial charge in [0.1, 0.15) is 0 Å². The molecular weight excluding hydrogens is 444 g/mol. The Morgan fingerprint density at radius 3 is 0.794 bits per heavy atom. The average Bonchev–Trinajstić information content (AvgIpc) is 2.82. The summed E-state index contributed by atoms with van der Waals surface area (Å²) in [4.78, 5) is 70.8. The molecule has 0 N–H and O–H groups in total. The molecule has 12 heteroatoms. The lowest BCUT2D eigenvalue weighted by molar-refractivity contribution is 0.502. The predicted molar refractivity (Wildman–Crippen MR) is 130 cm³/mol. The van der Waals surface area contributed by atoms with E-state index in [1.54, 1.807) is 0 Å². The molecule has 0 aliphatic carbocycles. The van der Waals surface area contributed by atoms with Gasteiger partial charge in [-0.05, 0) is 0 Å². The van der Waals surface area contributed by atoms with Crippen LogP contribution in [-0.4, -0.2) is 27.4 Å². The van der Waals surface area contributed by atoms with E-state index in [1.165, 1.54) is 37.4 Å². The van der Waals surface area contributed by atoms with Gasteiger partial charge in [-0.3, -0.25) is 0 Å². The van der Waals surface area contributed by atoms with Crippen LogP contribution in [0, 0.1) is 0 Å². The minimum atomic E-state index is -0.662. The van der Waals surface area contributed by atoms with Gasteiger partial charge in [0.05, 0.1) is 32.7 Å². The Labute approximate surface area is 193 Å². The van der Waals surface area contributed by atoms with Crippen molar-refractivity contribution in [2.24, 2.45) is 7.05 Å². The Morgan fingerprint density at radius 2 is 0.618 bits per heavy atom. The maximum Gasteiger partial charge on any atom is 0.336 e. The number of hydrogen-bond donors (Lipinski definition) is 0. The molecule has 2 aromatic rings. The van der Waals surface area contributed by atoms with Crippen LogP contribution in [0.5, 0.6) is 0 Å². The molecule has 2 aromatic heterocycles. The molecule has 0 amide bonds. The van der Waals surface area contributed by atoms with Gasteiger partial charge in [-0.15, -0.1) is 32.9 Å². The van der Waals surface area contributed by atoms with E-state index in [0.29, 0.717) is 0 Å². The van der Waals surface area contributed by atoms with Crippen LogP contribution in [0.4, 0.5) is 0 Å². The van der Waals surface area contributed by atoms with Crippen LogP contribution in [0.25, 0.3) is 0 Å². The number of allylic oxidation sites excluding steroid dienone is 5. The van der Waals surface area contributed by atoms with Gasteiger partial charge in [0.2, 0.25) is 0 Å². The number of nitrogens with zero attached hydrogens (tertiary/aromatic N) is 6. The SMILES string of the molecule is C=CCn1c(=O)n(C)c(=O)n(CC=C)c1=O.C=CCn1c(=O)n(CC=C)c(=O)n(CC=C)c1=O. The highest BCUT2D eigenvalue weighted by atomic mass is 16.2. The standard InChI is InChI=1S/C12H15N3O3.C10H13N3O3/c1-4-7-13-10(16)14(8-5-2)12(18)15(9-6-3)11(13)17;1-4-6-12-8(14)11(3)9(15)13(7-5-2)10(12)16/h4-6H,1-3,7-9H2;4-5H,1-2,6-7H2,3H3. The summed E-state index contributed by atoms with van der Waals surface area (Å²) in [6.07, 6.45) is 7.11. The Morgan fingerprint density at radius 1 is 0.441 bits per heavy atom. The summed E-state index contributed by atoms with van der Waals surface area (Å²) >= 11 is 0. The second-order valence-electron chi connectivity index (χ2n) is 6.75. The molecule has 0 saturated carbocycles. The predicted octanol–water partition coefficient (Wildman–Crippen LogP) is -1.19. The maximum absolute atomic E-state index is 11.9. The molecule has 0 fully saturated rings. The number of hydrogen-bond acceptors (Lipinski definition) is 6. The van der Waals surface area contributed by atoms with Crippen LogP contribution in [-0.2, 0) is 39.8 Å². The van der Waals surface area contributed by atoms with E-state index in [4.69, 9.17) is 0 Å². The lowest BCUT2D eigenvalue weighted by Gasteiger charge is -2.10.